The Morgan fingerprint density at radius 1 is 1.33 bits per heavy atom. The summed E-state index contributed by atoms with van der Waals surface area (Å²) in [5.74, 6) is 0.923. The molecule has 0 aromatic heterocycles. The SMILES string of the molecule is Cc1cc(C)c(S(N)(=O)=O)cc1C(=O)NCC(C)C1CC1. The molecule has 1 aliphatic carbocycles. The molecule has 1 aliphatic rings. The molecule has 1 saturated carbocycles. The van der Waals surface area contributed by atoms with Gasteiger partial charge in [0.1, 0.15) is 0 Å². The maximum Gasteiger partial charge on any atom is 0.251 e. The summed E-state index contributed by atoms with van der Waals surface area (Å²) in [6.07, 6.45) is 2.46. The lowest BCUT2D eigenvalue weighted by Crippen LogP contribution is -2.30. The van der Waals surface area contributed by atoms with E-state index in [9.17, 15) is 13.2 Å². The number of aryl methyl sites for hydroxylation is 2. The summed E-state index contributed by atoms with van der Waals surface area (Å²) in [4.78, 5) is 12.3. The second kappa shape index (κ2) is 5.77. The van der Waals surface area contributed by atoms with Crippen LogP contribution >= 0.6 is 0 Å². The Morgan fingerprint density at radius 2 is 1.95 bits per heavy atom. The number of sulfonamides is 1. The van der Waals surface area contributed by atoms with Crippen molar-refractivity contribution in [2.24, 2.45) is 17.0 Å². The molecule has 0 spiro atoms. The van der Waals surface area contributed by atoms with Crippen LogP contribution in [0.3, 0.4) is 0 Å². The highest BCUT2D eigenvalue weighted by Crippen LogP contribution is 2.36. The zero-order chi connectivity index (χ0) is 15.8. The summed E-state index contributed by atoms with van der Waals surface area (Å²) in [5.41, 5.74) is 1.67. The van der Waals surface area contributed by atoms with E-state index >= 15 is 0 Å². The number of amides is 1. The normalized spacial score (nSPS) is 16.6. The minimum Gasteiger partial charge on any atom is -0.352 e. The van der Waals surface area contributed by atoms with E-state index in [-0.39, 0.29) is 10.8 Å². The van der Waals surface area contributed by atoms with Gasteiger partial charge in [0.05, 0.1) is 4.90 Å². The largest absolute Gasteiger partial charge is 0.352 e. The van der Waals surface area contributed by atoms with E-state index in [0.717, 1.165) is 5.56 Å². The molecule has 1 aromatic rings. The molecule has 0 aliphatic heterocycles. The van der Waals surface area contributed by atoms with Gasteiger partial charge in [-0.05, 0) is 55.7 Å². The molecule has 1 aromatic carbocycles. The molecular formula is C15H22N2O3S. The van der Waals surface area contributed by atoms with Gasteiger partial charge in [-0.1, -0.05) is 13.0 Å². The van der Waals surface area contributed by atoms with E-state index in [1.54, 1.807) is 19.9 Å². The van der Waals surface area contributed by atoms with Crippen LogP contribution in [0.4, 0.5) is 0 Å². The van der Waals surface area contributed by atoms with Crippen molar-refractivity contribution in [3.05, 3.63) is 28.8 Å². The number of hydrogen-bond donors (Lipinski definition) is 2. The Morgan fingerprint density at radius 3 is 2.48 bits per heavy atom. The van der Waals surface area contributed by atoms with Crippen LogP contribution in [0.25, 0.3) is 0 Å². The Kier molecular flexibility index (Phi) is 4.39. The first kappa shape index (κ1) is 16.0. The van der Waals surface area contributed by atoms with Crippen molar-refractivity contribution in [2.45, 2.75) is 38.5 Å². The molecule has 3 N–H and O–H groups in total. The van der Waals surface area contributed by atoms with E-state index in [1.807, 2.05) is 0 Å². The van der Waals surface area contributed by atoms with Crippen molar-refractivity contribution in [1.29, 1.82) is 0 Å². The van der Waals surface area contributed by atoms with Gasteiger partial charge in [0.2, 0.25) is 10.0 Å². The zero-order valence-electron chi connectivity index (χ0n) is 12.6. The molecule has 21 heavy (non-hydrogen) atoms. The average molecular weight is 310 g/mol. The van der Waals surface area contributed by atoms with Gasteiger partial charge < -0.3 is 5.32 Å². The minimum absolute atomic E-state index is 0.00786. The highest BCUT2D eigenvalue weighted by Gasteiger charge is 2.28. The number of benzene rings is 1. The summed E-state index contributed by atoms with van der Waals surface area (Å²) in [7, 11) is -3.82. The summed E-state index contributed by atoms with van der Waals surface area (Å²) >= 11 is 0. The van der Waals surface area contributed by atoms with E-state index in [2.05, 4.69) is 12.2 Å². The predicted octanol–water partition coefficient (Wildman–Crippen LogP) is 1.73. The molecule has 0 radical (unpaired) electrons. The van der Waals surface area contributed by atoms with Crippen LogP contribution < -0.4 is 10.5 Å². The topological polar surface area (TPSA) is 89.3 Å². The first-order chi connectivity index (χ1) is 9.70. The molecule has 2 rings (SSSR count). The Bertz CT molecular complexity index is 664. The van der Waals surface area contributed by atoms with Crippen LogP contribution in [-0.4, -0.2) is 20.9 Å². The summed E-state index contributed by atoms with van der Waals surface area (Å²) in [5, 5.41) is 8.07. The number of carbonyl (C=O) groups excluding carboxylic acids is 1. The van der Waals surface area contributed by atoms with E-state index in [0.29, 0.717) is 29.5 Å². The lowest BCUT2D eigenvalue weighted by Gasteiger charge is -2.14. The first-order valence-corrected chi connectivity index (χ1v) is 8.67. The standard InChI is InChI=1S/C15H22N2O3S/c1-9-6-10(2)14(21(16,19)20)7-13(9)15(18)17-8-11(3)12-4-5-12/h6-7,11-12H,4-5,8H2,1-3H3,(H,17,18)(H2,16,19,20). The van der Waals surface area contributed by atoms with E-state index < -0.39 is 10.0 Å². The fraction of sp³-hybridized carbons (Fsp3) is 0.533. The quantitative estimate of drug-likeness (QED) is 0.868. The number of primary sulfonamides is 1. The molecule has 5 nitrogen and oxygen atoms in total. The number of nitrogens with one attached hydrogen (secondary N) is 1. The van der Waals surface area contributed by atoms with Crippen molar-refractivity contribution in [3.63, 3.8) is 0 Å². The van der Waals surface area contributed by atoms with Crippen LogP contribution in [0.2, 0.25) is 0 Å². The molecular weight excluding hydrogens is 288 g/mol. The molecule has 0 heterocycles. The lowest BCUT2D eigenvalue weighted by molar-refractivity contribution is 0.0946. The number of rotatable bonds is 5. The lowest BCUT2D eigenvalue weighted by atomic mass is 10.0. The van der Waals surface area contributed by atoms with Crippen LogP contribution in [0.5, 0.6) is 0 Å². The zero-order valence-corrected chi connectivity index (χ0v) is 13.5. The van der Waals surface area contributed by atoms with Crippen molar-refractivity contribution < 1.29 is 13.2 Å². The summed E-state index contributed by atoms with van der Waals surface area (Å²) < 4.78 is 23.1. The van der Waals surface area contributed by atoms with Gasteiger partial charge in [-0.15, -0.1) is 0 Å². The van der Waals surface area contributed by atoms with Crippen molar-refractivity contribution in [1.82, 2.24) is 5.32 Å². The molecule has 1 atom stereocenters. The summed E-state index contributed by atoms with van der Waals surface area (Å²) in [6, 6.07) is 3.05. The third-order valence-electron chi connectivity index (χ3n) is 4.08. The molecule has 0 saturated heterocycles. The van der Waals surface area contributed by atoms with Gasteiger partial charge in [-0.3, -0.25) is 4.79 Å². The van der Waals surface area contributed by atoms with Crippen molar-refractivity contribution >= 4 is 15.9 Å². The molecule has 116 valence electrons. The molecule has 0 bridgehead atoms. The summed E-state index contributed by atoms with van der Waals surface area (Å²) in [6.45, 7) is 6.19. The van der Waals surface area contributed by atoms with E-state index in [4.69, 9.17) is 5.14 Å². The van der Waals surface area contributed by atoms with Crippen LogP contribution in [0.15, 0.2) is 17.0 Å². The van der Waals surface area contributed by atoms with Gasteiger partial charge >= 0.3 is 0 Å². The number of nitrogens with two attached hydrogens (primary N) is 1. The van der Waals surface area contributed by atoms with Gasteiger partial charge in [-0.25, -0.2) is 13.6 Å². The third-order valence-corrected chi connectivity index (χ3v) is 5.14. The van der Waals surface area contributed by atoms with Crippen LogP contribution in [0, 0.1) is 25.7 Å². The van der Waals surface area contributed by atoms with Gasteiger partial charge in [0, 0.05) is 12.1 Å². The second-order valence-corrected chi connectivity index (χ2v) is 7.53. The number of carbonyl (C=O) groups is 1. The highest BCUT2D eigenvalue weighted by molar-refractivity contribution is 7.89. The van der Waals surface area contributed by atoms with Crippen molar-refractivity contribution in [3.8, 4) is 0 Å². The van der Waals surface area contributed by atoms with Gasteiger partial charge in [0.15, 0.2) is 0 Å². The van der Waals surface area contributed by atoms with Gasteiger partial charge in [0.25, 0.3) is 5.91 Å². The average Bonchev–Trinajstić information content (AvgIpc) is 3.18. The first-order valence-electron chi connectivity index (χ1n) is 7.12. The molecule has 1 amide bonds. The minimum atomic E-state index is -3.82. The molecule has 1 fully saturated rings. The Hall–Kier alpha value is -1.40. The Labute approximate surface area is 126 Å². The van der Waals surface area contributed by atoms with Crippen LogP contribution in [0.1, 0.15) is 41.3 Å². The Balaban J connectivity index is 2.19. The fourth-order valence-corrected chi connectivity index (χ4v) is 3.35. The molecule has 6 heteroatoms. The maximum absolute atomic E-state index is 12.3. The van der Waals surface area contributed by atoms with Crippen LogP contribution in [-0.2, 0) is 10.0 Å². The molecule has 1 unspecified atom stereocenters. The fourth-order valence-electron chi connectivity index (χ4n) is 2.56. The van der Waals surface area contributed by atoms with E-state index in [1.165, 1.54) is 18.9 Å². The monoisotopic (exact) mass is 310 g/mol. The highest BCUT2D eigenvalue weighted by atomic mass is 32.2. The predicted molar refractivity (Wildman–Crippen MR) is 81.5 cm³/mol. The maximum atomic E-state index is 12.3. The van der Waals surface area contributed by atoms with Crippen molar-refractivity contribution in [2.75, 3.05) is 6.54 Å². The number of hydrogen-bond acceptors (Lipinski definition) is 3. The smallest absolute Gasteiger partial charge is 0.251 e. The second-order valence-electron chi connectivity index (χ2n) is 6.00. The third kappa shape index (κ3) is 3.83. The van der Waals surface area contributed by atoms with Gasteiger partial charge in [-0.2, -0.15) is 0 Å².